The van der Waals surface area contributed by atoms with Gasteiger partial charge in [0.25, 0.3) is 0 Å². The Kier molecular flexibility index (Phi) is 5.55. The lowest BCUT2D eigenvalue weighted by atomic mass is 10.0. The van der Waals surface area contributed by atoms with E-state index >= 15 is 0 Å². The third-order valence-corrected chi connectivity index (χ3v) is 2.28. The summed E-state index contributed by atoms with van der Waals surface area (Å²) in [4.78, 5) is 11.0. The minimum Gasteiger partial charge on any atom is -0.478 e. The van der Waals surface area contributed by atoms with Crippen molar-refractivity contribution in [3.8, 4) is 0 Å². The van der Waals surface area contributed by atoms with E-state index in [9.17, 15) is 4.79 Å². The van der Waals surface area contributed by atoms with E-state index < -0.39 is 5.97 Å². The molecule has 0 aliphatic rings. The number of aromatic carboxylic acids is 1. The van der Waals surface area contributed by atoms with Gasteiger partial charge in [-0.2, -0.15) is 0 Å². The first kappa shape index (κ1) is 15.0. The summed E-state index contributed by atoms with van der Waals surface area (Å²) in [5, 5.41) is 9.01. The van der Waals surface area contributed by atoms with Gasteiger partial charge in [-0.1, -0.05) is 13.8 Å². The van der Waals surface area contributed by atoms with Crippen molar-refractivity contribution in [2.45, 2.75) is 33.7 Å². The third-order valence-electron chi connectivity index (χ3n) is 2.28. The second kappa shape index (κ2) is 5.92. The summed E-state index contributed by atoms with van der Waals surface area (Å²) in [6.07, 6.45) is 0.723. The average Bonchev–Trinajstić information content (AvgIpc) is 2.40. The first-order valence-corrected chi connectivity index (χ1v) is 5.01. The molecule has 4 nitrogen and oxygen atoms in total. The first-order chi connectivity index (χ1) is 6.97. The monoisotopic (exact) mass is 247 g/mol. The van der Waals surface area contributed by atoms with Crippen LogP contribution in [-0.2, 0) is 13.0 Å². The molecule has 1 heterocycles. The van der Waals surface area contributed by atoms with Gasteiger partial charge >= 0.3 is 5.97 Å². The van der Waals surface area contributed by atoms with Gasteiger partial charge in [0.15, 0.2) is 0 Å². The highest BCUT2D eigenvalue weighted by Crippen LogP contribution is 2.24. The summed E-state index contributed by atoms with van der Waals surface area (Å²) in [6, 6.07) is 0. The van der Waals surface area contributed by atoms with Crippen LogP contribution in [0.2, 0.25) is 0 Å². The molecule has 0 aliphatic carbocycles. The number of aryl methyl sites for hydroxylation is 1. The highest BCUT2D eigenvalue weighted by molar-refractivity contribution is 5.90. The standard InChI is InChI=1S/C11H17NO3.ClH/c1-6(2)4-9-8(5-12)10(11(13)14)7(3)15-9;/h6H,4-5,12H2,1-3H3,(H,13,14);1H. The zero-order chi connectivity index (χ0) is 11.6. The highest BCUT2D eigenvalue weighted by atomic mass is 35.5. The van der Waals surface area contributed by atoms with Crippen molar-refractivity contribution in [2.75, 3.05) is 0 Å². The Labute approximate surface area is 101 Å². The second-order valence-corrected chi connectivity index (χ2v) is 4.04. The van der Waals surface area contributed by atoms with Crippen molar-refractivity contribution in [1.29, 1.82) is 0 Å². The smallest absolute Gasteiger partial charge is 0.339 e. The SMILES string of the molecule is Cc1oc(CC(C)C)c(CN)c1C(=O)O.Cl. The number of carboxylic acids is 1. The van der Waals surface area contributed by atoms with Gasteiger partial charge in [-0.05, 0) is 12.8 Å². The molecular weight excluding hydrogens is 230 g/mol. The van der Waals surface area contributed by atoms with Crippen LogP contribution in [-0.4, -0.2) is 11.1 Å². The number of carboxylic acid groups (broad SMARTS) is 1. The zero-order valence-electron chi connectivity index (χ0n) is 9.74. The van der Waals surface area contributed by atoms with E-state index in [1.165, 1.54) is 0 Å². The molecule has 0 amide bonds. The predicted molar refractivity (Wildman–Crippen MR) is 64.1 cm³/mol. The van der Waals surface area contributed by atoms with Crippen molar-refractivity contribution in [1.82, 2.24) is 0 Å². The fourth-order valence-corrected chi connectivity index (χ4v) is 1.68. The molecule has 92 valence electrons. The number of hydrogen-bond donors (Lipinski definition) is 2. The molecular formula is C11H18ClNO3. The first-order valence-electron chi connectivity index (χ1n) is 5.01. The van der Waals surface area contributed by atoms with Crippen LogP contribution in [0.15, 0.2) is 4.42 Å². The van der Waals surface area contributed by atoms with E-state index in [1.54, 1.807) is 6.92 Å². The minimum absolute atomic E-state index is 0. The number of carbonyl (C=O) groups is 1. The number of halogens is 1. The maximum Gasteiger partial charge on any atom is 0.339 e. The van der Waals surface area contributed by atoms with Crippen LogP contribution < -0.4 is 5.73 Å². The van der Waals surface area contributed by atoms with Crippen LogP contribution in [0.25, 0.3) is 0 Å². The summed E-state index contributed by atoms with van der Waals surface area (Å²) < 4.78 is 5.45. The lowest BCUT2D eigenvalue weighted by Crippen LogP contribution is -2.08. The predicted octanol–water partition coefficient (Wildman–Crippen LogP) is 2.37. The third kappa shape index (κ3) is 3.00. The number of hydrogen-bond acceptors (Lipinski definition) is 3. The largest absolute Gasteiger partial charge is 0.478 e. The van der Waals surface area contributed by atoms with Crippen molar-refractivity contribution in [3.05, 3.63) is 22.6 Å². The molecule has 0 fully saturated rings. The molecule has 0 aliphatic heterocycles. The van der Waals surface area contributed by atoms with E-state index in [1.807, 2.05) is 0 Å². The molecule has 0 aromatic carbocycles. The van der Waals surface area contributed by atoms with Gasteiger partial charge in [0.1, 0.15) is 17.1 Å². The Morgan fingerprint density at radius 2 is 2.06 bits per heavy atom. The summed E-state index contributed by atoms with van der Waals surface area (Å²) in [6.45, 7) is 5.98. The molecule has 3 N–H and O–H groups in total. The van der Waals surface area contributed by atoms with Crippen LogP contribution in [0.4, 0.5) is 0 Å². The Hall–Kier alpha value is -1.00. The zero-order valence-corrected chi connectivity index (χ0v) is 10.6. The minimum atomic E-state index is -0.966. The molecule has 0 saturated heterocycles. The van der Waals surface area contributed by atoms with E-state index in [0.717, 1.165) is 6.42 Å². The molecule has 0 radical (unpaired) electrons. The molecule has 5 heteroatoms. The van der Waals surface area contributed by atoms with Crippen molar-refractivity contribution >= 4 is 18.4 Å². The Balaban J connectivity index is 0.00000225. The Bertz CT molecular complexity index is 372. The van der Waals surface area contributed by atoms with Gasteiger partial charge in [0.2, 0.25) is 0 Å². The lowest BCUT2D eigenvalue weighted by molar-refractivity contribution is 0.0694. The summed E-state index contributed by atoms with van der Waals surface area (Å²) >= 11 is 0. The van der Waals surface area contributed by atoms with E-state index in [4.69, 9.17) is 15.3 Å². The van der Waals surface area contributed by atoms with E-state index in [0.29, 0.717) is 23.0 Å². The molecule has 0 saturated carbocycles. The van der Waals surface area contributed by atoms with Gasteiger partial charge in [-0.3, -0.25) is 0 Å². The van der Waals surface area contributed by atoms with Crippen molar-refractivity contribution < 1.29 is 14.3 Å². The van der Waals surface area contributed by atoms with Crippen molar-refractivity contribution in [3.63, 3.8) is 0 Å². The summed E-state index contributed by atoms with van der Waals surface area (Å²) in [7, 11) is 0. The molecule has 1 aromatic heterocycles. The Morgan fingerprint density at radius 1 is 1.50 bits per heavy atom. The molecule has 1 rings (SSSR count). The molecule has 0 spiro atoms. The lowest BCUT2D eigenvalue weighted by Gasteiger charge is -2.03. The van der Waals surface area contributed by atoms with E-state index in [-0.39, 0.29) is 24.5 Å². The van der Waals surface area contributed by atoms with E-state index in [2.05, 4.69) is 13.8 Å². The number of rotatable bonds is 4. The molecule has 1 aromatic rings. The van der Waals surface area contributed by atoms with Crippen molar-refractivity contribution in [2.24, 2.45) is 11.7 Å². The van der Waals surface area contributed by atoms with Crippen LogP contribution in [0.3, 0.4) is 0 Å². The summed E-state index contributed by atoms with van der Waals surface area (Å²) in [5.41, 5.74) is 6.42. The molecule has 16 heavy (non-hydrogen) atoms. The fourth-order valence-electron chi connectivity index (χ4n) is 1.68. The van der Waals surface area contributed by atoms with Crippen LogP contribution >= 0.6 is 12.4 Å². The normalized spacial score (nSPS) is 10.3. The molecule has 0 unspecified atom stereocenters. The van der Waals surface area contributed by atoms with Gasteiger partial charge in [0.05, 0.1) is 0 Å². The van der Waals surface area contributed by atoms with Crippen LogP contribution in [0.5, 0.6) is 0 Å². The average molecular weight is 248 g/mol. The topological polar surface area (TPSA) is 76.5 Å². The Morgan fingerprint density at radius 3 is 2.44 bits per heavy atom. The maximum atomic E-state index is 11.0. The van der Waals surface area contributed by atoms with Gasteiger partial charge in [-0.15, -0.1) is 12.4 Å². The summed E-state index contributed by atoms with van der Waals surface area (Å²) in [5.74, 6) is 0.607. The van der Waals surface area contributed by atoms with Gasteiger partial charge in [-0.25, -0.2) is 4.79 Å². The van der Waals surface area contributed by atoms with Gasteiger partial charge in [0, 0.05) is 18.5 Å². The molecule has 0 atom stereocenters. The quantitative estimate of drug-likeness (QED) is 0.856. The van der Waals surface area contributed by atoms with Crippen LogP contribution in [0.1, 0.15) is 41.3 Å². The number of furan rings is 1. The van der Waals surface area contributed by atoms with Crippen LogP contribution in [0, 0.1) is 12.8 Å². The highest BCUT2D eigenvalue weighted by Gasteiger charge is 2.21. The second-order valence-electron chi connectivity index (χ2n) is 4.04. The fraction of sp³-hybridized carbons (Fsp3) is 0.545. The van der Waals surface area contributed by atoms with Gasteiger partial charge < -0.3 is 15.3 Å². The molecule has 0 bridgehead atoms. The maximum absolute atomic E-state index is 11.0. The number of nitrogens with two attached hydrogens (primary N) is 1.